The molecule has 1 heterocycles. The molecule has 1 aromatic rings. The summed E-state index contributed by atoms with van der Waals surface area (Å²) in [4.78, 5) is 29.5. The fourth-order valence-electron chi connectivity index (χ4n) is 3.38. The molecule has 6 heteroatoms. The van der Waals surface area contributed by atoms with Crippen molar-refractivity contribution in [1.29, 1.82) is 0 Å². The molecule has 1 saturated heterocycles. The topological polar surface area (TPSA) is 52.7 Å². The molecule has 1 aromatic carbocycles. The van der Waals surface area contributed by atoms with E-state index in [2.05, 4.69) is 24.1 Å². The quantitative estimate of drug-likeness (QED) is 0.795. The number of carbonyl (C=O) groups is 2. The minimum absolute atomic E-state index is 0.0135. The van der Waals surface area contributed by atoms with Crippen LogP contribution in [-0.2, 0) is 9.59 Å². The molecule has 2 atom stereocenters. The Morgan fingerprint density at radius 2 is 1.67 bits per heavy atom. The van der Waals surface area contributed by atoms with Crippen LogP contribution in [0.2, 0.25) is 0 Å². The first kappa shape index (κ1) is 21.4. The van der Waals surface area contributed by atoms with Gasteiger partial charge < -0.3 is 15.1 Å². The SMILES string of the molecule is CC(C)C[C@@H](NC(=O)CC(C)c1ccc(F)cc1)C(=O)N1CCN(C)CC1. The van der Waals surface area contributed by atoms with Crippen molar-refractivity contribution in [3.05, 3.63) is 35.6 Å². The summed E-state index contributed by atoms with van der Waals surface area (Å²) in [5.74, 6) is -0.144. The van der Waals surface area contributed by atoms with E-state index in [1.54, 1.807) is 12.1 Å². The Kier molecular flexibility index (Phi) is 7.78. The van der Waals surface area contributed by atoms with Gasteiger partial charge in [-0.15, -0.1) is 0 Å². The number of hydrogen-bond donors (Lipinski definition) is 1. The zero-order chi connectivity index (χ0) is 20.0. The van der Waals surface area contributed by atoms with Crippen LogP contribution in [0.3, 0.4) is 0 Å². The first-order chi connectivity index (χ1) is 12.8. The molecule has 27 heavy (non-hydrogen) atoms. The molecule has 0 spiro atoms. The number of carbonyl (C=O) groups excluding carboxylic acids is 2. The van der Waals surface area contributed by atoms with Crippen LogP contribution in [0.4, 0.5) is 4.39 Å². The lowest BCUT2D eigenvalue weighted by molar-refractivity contribution is -0.138. The van der Waals surface area contributed by atoms with E-state index in [0.29, 0.717) is 25.4 Å². The lowest BCUT2D eigenvalue weighted by atomic mass is 9.96. The average molecular weight is 378 g/mol. The van der Waals surface area contributed by atoms with Gasteiger partial charge in [-0.1, -0.05) is 32.9 Å². The maximum absolute atomic E-state index is 13.1. The van der Waals surface area contributed by atoms with E-state index in [-0.39, 0.29) is 30.0 Å². The summed E-state index contributed by atoms with van der Waals surface area (Å²) in [6.07, 6.45) is 0.901. The van der Waals surface area contributed by atoms with Crippen molar-refractivity contribution in [2.24, 2.45) is 5.92 Å². The van der Waals surface area contributed by atoms with Gasteiger partial charge in [0, 0.05) is 32.6 Å². The molecule has 0 saturated carbocycles. The van der Waals surface area contributed by atoms with Crippen LogP contribution in [0.1, 0.15) is 45.1 Å². The predicted octanol–water partition coefficient (Wildman–Crippen LogP) is 2.62. The number of rotatable bonds is 7. The molecular formula is C21H32FN3O2. The van der Waals surface area contributed by atoms with E-state index >= 15 is 0 Å². The molecular weight excluding hydrogens is 345 g/mol. The molecule has 0 radical (unpaired) electrons. The predicted molar refractivity (Wildman–Crippen MR) is 105 cm³/mol. The van der Waals surface area contributed by atoms with Crippen molar-refractivity contribution in [2.45, 2.75) is 45.6 Å². The zero-order valence-electron chi connectivity index (χ0n) is 16.9. The molecule has 1 N–H and O–H groups in total. The van der Waals surface area contributed by atoms with E-state index in [4.69, 9.17) is 0 Å². The van der Waals surface area contributed by atoms with Crippen molar-refractivity contribution in [3.8, 4) is 0 Å². The third kappa shape index (κ3) is 6.61. The van der Waals surface area contributed by atoms with Crippen molar-refractivity contribution >= 4 is 11.8 Å². The smallest absolute Gasteiger partial charge is 0.245 e. The third-order valence-electron chi connectivity index (χ3n) is 5.09. The number of nitrogens with zero attached hydrogens (tertiary/aromatic N) is 2. The van der Waals surface area contributed by atoms with Gasteiger partial charge in [0.15, 0.2) is 0 Å². The van der Waals surface area contributed by atoms with Gasteiger partial charge in [0.25, 0.3) is 0 Å². The molecule has 1 aliphatic rings. The minimum atomic E-state index is -0.485. The van der Waals surface area contributed by atoms with Crippen LogP contribution in [0.15, 0.2) is 24.3 Å². The number of piperazine rings is 1. The number of nitrogens with one attached hydrogen (secondary N) is 1. The summed E-state index contributed by atoms with van der Waals surface area (Å²) in [5, 5.41) is 2.95. The van der Waals surface area contributed by atoms with Crippen molar-refractivity contribution in [3.63, 3.8) is 0 Å². The second-order valence-corrected chi connectivity index (χ2v) is 8.03. The summed E-state index contributed by atoms with van der Waals surface area (Å²) >= 11 is 0. The highest BCUT2D eigenvalue weighted by molar-refractivity contribution is 5.88. The Hall–Kier alpha value is -1.95. The van der Waals surface area contributed by atoms with E-state index in [1.165, 1.54) is 12.1 Å². The Bertz CT molecular complexity index is 625. The third-order valence-corrected chi connectivity index (χ3v) is 5.09. The number of hydrogen-bond acceptors (Lipinski definition) is 3. The fourth-order valence-corrected chi connectivity index (χ4v) is 3.38. The standard InChI is InChI=1S/C21H32FN3O2/c1-15(2)13-19(21(27)25-11-9-24(4)10-12-25)23-20(26)14-16(3)17-5-7-18(22)8-6-17/h5-8,15-16,19H,9-14H2,1-4H3,(H,23,26)/t16?,19-/m1/s1. The van der Waals surface area contributed by atoms with Crippen LogP contribution in [0.5, 0.6) is 0 Å². The molecule has 2 rings (SSSR count). The summed E-state index contributed by atoms with van der Waals surface area (Å²) in [6.45, 7) is 9.16. The Balaban J connectivity index is 1.96. The molecule has 0 aliphatic carbocycles. The van der Waals surface area contributed by atoms with Crippen LogP contribution in [-0.4, -0.2) is 60.9 Å². The molecule has 150 valence electrons. The van der Waals surface area contributed by atoms with Gasteiger partial charge in [-0.25, -0.2) is 4.39 Å². The lowest BCUT2D eigenvalue weighted by Crippen LogP contribution is -2.54. The van der Waals surface area contributed by atoms with E-state index in [0.717, 1.165) is 18.7 Å². The summed E-state index contributed by atoms with van der Waals surface area (Å²) in [7, 11) is 2.05. The normalized spacial score (nSPS) is 17.6. The van der Waals surface area contributed by atoms with Gasteiger partial charge in [0.2, 0.25) is 11.8 Å². The fraction of sp³-hybridized carbons (Fsp3) is 0.619. The Morgan fingerprint density at radius 3 is 2.22 bits per heavy atom. The molecule has 1 aliphatic heterocycles. The van der Waals surface area contributed by atoms with Gasteiger partial charge in [-0.3, -0.25) is 9.59 Å². The maximum Gasteiger partial charge on any atom is 0.245 e. The van der Waals surface area contributed by atoms with Crippen molar-refractivity contribution in [2.75, 3.05) is 33.2 Å². The molecule has 5 nitrogen and oxygen atoms in total. The first-order valence-electron chi connectivity index (χ1n) is 9.78. The summed E-state index contributed by atoms with van der Waals surface area (Å²) in [6, 6.07) is 5.73. The van der Waals surface area contributed by atoms with E-state index in [9.17, 15) is 14.0 Å². The summed E-state index contributed by atoms with van der Waals surface area (Å²) in [5.41, 5.74) is 0.914. The van der Waals surface area contributed by atoms with E-state index < -0.39 is 6.04 Å². The highest BCUT2D eigenvalue weighted by Crippen LogP contribution is 2.19. The Morgan fingerprint density at radius 1 is 1.07 bits per heavy atom. The second-order valence-electron chi connectivity index (χ2n) is 8.03. The van der Waals surface area contributed by atoms with Gasteiger partial charge in [0.1, 0.15) is 11.9 Å². The van der Waals surface area contributed by atoms with Gasteiger partial charge in [-0.05, 0) is 43.0 Å². The van der Waals surface area contributed by atoms with Gasteiger partial charge in [-0.2, -0.15) is 0 Å². The number of benzene rings is 1. The van der Waals surface area contributed by atoms with E-state index in [1.807, 2.05) is 18.9 Å². The number of amides is 2. The second kappa shape index (κ2) is 9.83. The zero-order valence-corrected chi connectivity index (χ0v) is 16.9. The van der Waals surface area contributed by atoms with Crippen LogP contribution < -0.4 is 5.32 Å². The molecule has 0 bridgehead atoms. The molecule has 1 fully saturated rings. The molecule has 0 aromatic heterocycles. The first-order valence-corrected chi connectivity index (χ1v) is 9.78. The molecule has 1 unspecified atom stereocenters. The van der Waals surface area contributed by atoms with Crippen molar-refractivity contribution in [1.82, 2.24) is 15.1 Å². The highest BCUT2D eigenvalue weighted by atomic mass is 19.1. The monoisotopic (exact) mass is 377 g/mol. The Labute approximate surface area is 161 Å². The van der Waals surface area contributed by atoms with Crippen LogP contribution >= 0.6 is 0 Å². The van der Waals surface area contributed by atoms with Crippen LogP contribution in [0, 0.1) is 11.7 Å². The maximum atomic E-state index is 13.1. The number of likely N-dealkylation sites (N-methyl/N-ethyl adjacent to an activating group) is 1. The molecule has 2 amide bonds. The highest BCUT2D eigenvalue weighted by Gasteiger charge is 2.28. The van der Waals surface area contributed by atoms with Crippen molar-refractivity contribution < 1.29 is 14.0 Å². The summed E-state index contributed by atoms with van der Waals surface area (Å²) < 4.78 is 13.1. The lowest BCUT2D eigenvalue weighted by Gasteiger charge is -2.35. The van der Waals surface area contributed by atoms with Gasteiger partial charge >= 0.3 is 0 Å². The van der Waals surface area contributed by atoms with Crippen LogP contribution in [0.25, 0.3) is 0 Å². The van der Waals surface area contributed by atoms with Gasteiger partial charge in [0.05, 0.1) is 0 Å². The number of halogens is 1. The largest absolute Gasteiger partial charge is 0.344 e. The average Bonchev–Trinajstić information content (AvgIpc) is 2.61. The minimum Gasteiger partial charge on any atom is -0.344 e.